The molecular weight excluding hydrogens is 609 g/mol. The molecular formula is C47H30N2O. The van der Waals surface area contributed by atoms with Crippen LogP contribution in [-0.4, -0.2) is 4.98 Å². The third-order valence-corrected chi connectivity index (χ3v) is 9.90. The van der Waals surface area contributed by atoms with Gasteiger partial charge in [-0.15, -0.1) is 0 Å². The standard InChI is InChI=1S/C47H30N2O/c1-2-10-31(11-3-1)32-18-23-36(24-19-32)49(47-46-41-16-8-9-17-43(41)50-44(46)28-29-48-47)37-25-20-34(21-26-37)42-30-35-13-5-6-14-38(35)40-27-22-33-12-4-7-15-39(33)45(40)42/h1-30H. The van der Waals surface area contributed by atoms with Gasteiger partial charge >= 0.3 is 0 Å². The Kier molecular flexibility index (Phi) is 6.49. The van der Waals surface area contributed by atoms with Crippen molar-refractivity contribution in [1.82, 2.24) is 4.98 Å². The van der Waals surface area contributed by atoms with E-state index in [4.69, 9.17) is 9.40 Å². The molecule has 0 amide bonds. The molecule has 50 heavy (non-hydrogen) atoms. The van der Waals surface area contributed by atoms with Gasteiger partial charge in [-0.1, -0.05) is 133 Å². The van der Waals surface area contributed by atoms with E-state index in [0.29, 0.717) is 0 Å². The number of rotatable bonds is 5. The normalized spacial score (nSPS) is 11.6. The van der Waals surface area contributed by atoms with Gasteiger partial charge in [0, 0.05) is 23.0 Å². The van der Waals surface area contributed by atoms with Gasteiger partial charge in [0.05, 0.1) is 5.39 Å². The Labute approximate surface area is 289 Å². The maximum absolute atomic E-state index is 6.31. The molecule has 8 aromatic carbocycles. The van der Waals surface area contributed by atoms with Crippen LogP contribution in [0, 0.1) is 0 Å². The van der Waals surface area contributed by atoms with Gasteiger partial charge in [-0.3, -0.25) is 4.90 Å². The third kappa shape index (κ3) is 4.56. The van der Waals surface area contributed by atoms with Crippen LogP contribution in [0.5, 0.6) is 0 Å². The monoisotopic (exact) mass is 638 g/mol. The number of anilines is 3. The predicted octanol–water partition coefficient (Wildman–Crippen LogP) is 13.2. The largest absolute Gasteiger partial charge is 0.456 e. The van der Waals surface area contributed by atoms with E-state index < -0.39 is 0 Å². The summed E-state index contributed by atoms with van der Waals surface area (Å²) in [5, 5.41) is 9.58. The molecule has 0 saturated heterocycles. The fourth-order valence-corrected chi connectivity index (χ4v) is 7.55. The number of furan rings is 1. The van der Waals surface area contributed by atoms with Gasteiger partial charge in [-0.25, -0.2) is 4.98 Å². The molecule has 0 N–H and O–H groups in total. The van der Waals surface area contributed by atoms with Crippen LogP contribution in [0.3, 0.4) is 0 Å². The van der Waals surface area contributed by atoms with Gasteiger partial charge in [-0.2, -0.15) is 0 Å². The minimum atomic E-state index is 0.813. The summed E-state index contributed by atoms with van der Waals surface area (Å²) >= 11 is 0. The van der Waals surface area contributed by atoms with Gasteiger partial charge in [0.1, 0.15) is 17.0 Å². The molecule has 0 bridgehead atoms. The van der Waals surface area contributed by atoms with Crippen molar-refractivity contribution in [2.45, 2.75) is 0 Å². The molecule has 0 spiro atoms. The van der Waals surface area contributed by atoms with E-state index >= 15 is 0 Å². The summed E-state index contributed by atoms with van der Waals surface area (Å²) in [5.41, 5.74) is 8.44. The average molecular weight is 639 g/mol. The average Bonchev–Trinajstić information content (AvgIpc) is 3.58. The number of fused-ring (bicyclic) bond motifs is 8. The van der Waals surface area contributed by atoms with Crippen LogP contribution in [0.15, 0.2) is 187 Å². The van der Waals surface area contributed by atoms with Crippen LogP contribution >= 0.6 is 0 Å². The molecule has 10 rings (SSSR count). The van der Waals surface area contributed by atoms with E-state index in [-0.39, 0.29) is 0 Å². The number of hydrogen-bond acceptors (Lipinski definition) is 3. The molecule has 3 heteroatoms. The Morgan fingerprint density at radius 1 is 0.400 bits per heavy atom. The topological polar surface area (TPSA) is 29.3 Å². The molecule has 0 saturated carbocycles. The fourth-order valence-electron chi connectivity index (χ4n) is 7.55. The van der Waals surface area contributed by atoms with Crippen molar-refractivity contribution in [2.75, 3.05) is 4.90 Å². The van der Waals surface area contributed by atoms with E-state index in [1.54, 1.807) is 0 Å². The molecule has 0 aliphatic rings. The number of nitrogens with zero attached hydrogens (tertiary/aromatic N) is 2. The van der Waals surface area contributed by atoms with E-state index in [2.05, 4.69) is 157 Å². The third-order valence-electron chi connectivity index (χ3n) is 9.90. The highest BCUT2D eigenvalue weighted by atomic mass is 16.3. The lowest BCUT2D eigenvalue weighted by atomic mass is 9.90. The van der Waals surface area contributed by atoms with Crippen molar-refractivity contribution in [1.29, 1.82) is 0 Å². The molecule has 3 nitrogen and oxygen atoms in total. The molecule has 10 aromatic rings. The van der Waals surface area contributed by atoms with Crippen molar-refractivity contribution < 1.29 is 4.42 Å². The zero-order chi connectivity index (χ0) is 33.0. The van der Waals surface area contributed by atoms with Gasteiger partial charge in [0.25, 0.3) is 0 Å². The van der Waals surface area contributed by atoms with E-state index in [1.807, 2.05) is 30.5 Å². The Bertz CT molecular complexity index is 2850. The predicted molar refractivity (Wildman–Crippen MR) is 210 cm³/mol. The van der Waals surface area contributed by atoms with Gasteiger partial charge < -0.3 is 4.42 Å². The summed E-state index contributed by atoms with van der Waals surface area (Å²) in [5.74, 6) is 0.829. The molecule has 0 radical (unpaired) electrons. The maximum atomic E-state index is 6.31. The smallest absolute Gasteiger partial charge is 0.149 e. The number of para-hydroxylation sites is 1. The lowest BCUT2D eigenvalue weighted by Crippen LogP contribution is -2.11. The molecule has 0 fully saturated rings. The van der Waals surface area contributed by atoms with Crippen molar-refractivity contribution in [2.24, 2.45) is 0 Å². The molecule has 0 unspecified atom stereocenters. The Morgan fingerprint density at radius 2 is 1.02 bits per heavy atom. The number of benzene rings is 8. The number of pyridine rings is 1. The summed E-state index contributed by atoms with van der Waals surface area (Å²) in [6.45, 7) is 0. The van der Waals surface area contributed by atoms with Crippen molar-refractivity contribution in [3.05, 3.63) is 182 Å². The van der Waals surface area contributed by atoms with Crippen LogP contribution in [0.25, 0.3) is 76.5 Å². The molecule has 2 heterocycles. The van der Waals surface area contributed by atoms with E-state index in [0.717, 1.165) is 39.1 Å². The Morgan fingerprint density at radius 3 is 1.80 bits per heavy atom. The van der Waals surface area contributed by atoms with E-state index in [9.17, 15) is 0 Å². The lowest BCUT2D eigenvalue weighted by molar-refractivity contribution is 0.668. The van der Waals surface area contributed by atoms with Crippen LogP contribution < -0.4 is 4.90 Å². The second-order valence-corrected chi connectivity index (χ2v) is 12.8. The molecule has 0 atom stereocenters. The van der Waals surface area contributed by atoms with Crippen molar-refractivity contribution in [3.63, 3.8) is 0 Å². The minimum Gasteiger partial charge on any atom is -0.456 e. The molecule has 0 aliphatic carbocycles. The summed E-state index contributed by atoms with van der Waals surface area (Å²) in [6, 6.07) is 62.6. The SMILES string of the molecule is c1ccc(-c2ccc(N(c3ccc(-c4cc5ccccc5c5ccc6ccccc6c45)cc3)c3nccc4oc5ccccc5c34)cc2)cc1. The fraction of sp³-hybridized carbons (Fsp3) is 0. The highest BCUT2D eigenvalue weighted by Gasteiger charge is 2.21. The quantitative estimate of drug-likeness (QED) is 0.176. The summed E-state index contributed by atoms with van der Waals surface area (Å²) in [7, 11) is 0. The first-order valence-corrected chi connectivity index (χ1v) is 17.0. The number of hydrogen-bond donors (Lipinski definition) is 0. The van der Waals surface area contributed by atoms with Gasteiger partial charge in [0.2, 0.25) is 0 Å². The zero-order valence-electron chi connectivity index (χ0n) is 27.1. The van der Waals surface area contributed by atoms with Crippen LogP contribution in [0.2, 0.25) is 0 Å². The zero-order valence-corrected chi connectivity index (χ0v) is 27.1. The minimum absolute atomic E-state index is 0.813. The molecule has 2 aromatic heterocycles. The second kappa shape index (κ2) is 11.5. The Hall–Kier alpha value is -6.71. The van der Waals surface area contributed by atoms with Gasteiger partial charge in [-0.05, 0) is 97.0 Å². The van der Waals surface area contributed by atoms with Crippen LogP contribution in [-0.2, 0) is 0 Å². The lowest BCUT2D eigenvalue weighted by Gasteiger charge is -2.25. The highest BCUT2D eigenvalue weighted by Crippen LogP contribution is 2.44. The summed E-state index contributed by atoms with van der Waals surface area (Å²) in [6.07, 6.45) is 1.84. The highest BCUT2D eigenvalue weighted by molar-refractivity contribution is 6.23. The molecule has 0 aliphatic heterocycles. The van der Waals surface area contributed by atoms with Crippen molar-refractivity contribution in [3.8, 4) is 22.3 Å². The summed E-state index contributed by atoms with van der Waals surface area (Å²) in [4.78, 5) is 7.27. The van der Waals surface area contributed by atoms with Crippen molar-refractivity contribution >= 4 is 71.4 Å². The van der Waals surface area contributed by atoms with Gasteiger partial charge in [0.15, 0.2) is 0 Å². The van der Waals surface area contributed by atoms with E-state index in [1.165, 1.54) is 54.6 Å². The first kappa shape index (κ1) is 28.3. The summed E-state index contributed by atoms with van der Waals surface area (Å²) < 4.78 is 6.31. The van der Waals surface area contributed by atoms with Crippen LogP contribution in [0.4, 0.5) is 17.2 Å². The maximum Gasteiger partial charge on any atom is 0.149 e. The molecule has 234 valence electrons. The Balaban J connectivity index is 1.17. The first-order valence-electron chi connectivity index (χ1n) is 17.0. The number of aromatic nitrogens is 1. The first-order chi connectivity index (χ1) is 24.8. The van der Waals surface area contributed by atoms with Crippen LogP contribution in [0.1, 0.15) is 0 Å². The second-order valence-electron chi connectivity index (χ2n) is 12.8.